The molecule has 1 aromatic carbocycles. The number of cyclic esters (lactones) is 1. The zero-order valence-corrected chi connectivity index (χ0v) is 18.7. The molecule has 2 bridgehead atoms. The summed E-state index contributed by atoms with van der Waals surface area (Å²) in [6.45, 7) is 1.78. The molecule has 1 saturated heterocycles. The Balaban J connectivity index is 1.86. The maximum atomic E-state index is 14.2. The van der Waals surface area contributed by atoms with Crippen molar-refractivity contribution in [2.75, 3.05) is 7.11 Å². The third-order valence-electron chi connectivity index (χ3n) is 5.96. The van der Waals surface area contributed by atoms with Crippen molar-refractivity contribution in [3.8, 4) is 0 Å². The average molecular weight is 470 g/mol. The van der Waals surface area contributed by atoms with Crippen molar-refractivity contribution in [1.29, 1.82) is 0 Å². The normalized spacial score (nSPS) is 29.5. The first-order valence-electron chi connectivity index (χ1n) is 11.1. The molecule has 2 aliphatic heterocycles. The lowest BCUT2D eigenvalue weighted by molar-refractivity contribution is -0.281. The lowest BCUT2D eigenvalue weighted by Crippen LogP contribution is -2.54. The molecule has 9 heteroatoms. The smallest absolute Gasteiger partial charge is 0.432 e. The van der Waals surface area contributed by atoms with Crippen LogP contribution in [-0.4, -0.2) is 49.6 Å². The van der Waals surface area contributed by atoms with Crippen molar-refractivity contribution >= 4 is 11.9 Å². The van der Waals surface area contributed by atoms with Crippen LogP contribution in [0.25, 0.3) is 0 Å². The van der Waals surface area contributed by atoms with Gasteiger partial charge < -0.3 is 18.9 Å². The van der Waals surface area contributed by atoms with Crippen LogP contribution in [0.5, 0.6) is 0 Å². The second kappa shape index (κ2) is 10.7. The Morgan fingerprint density at radius 3 is 2.52 bits per heavy atom. The van der Waals surface area contributed by atoms with E-state index in [1.807, 2.05) is 12.2 Å². The Bertz CT molecular complexity index is 840. The van der Waals surface area contributed by atoms with Crippen LogP contribution < -0.4 is 0 Å². The van der Waals surface area contributed by atoms with Crippen LogP contribution in [0.15, 0.2) is 42.5 Å². The number of hydrogen-bond donors (Lipinski definition) is 0. The Morgan fingerprint density at radius 1 is 1.12 bits per heavy atom. The molecule has 0 radical (unpaired) electrons. The predicted octanol–water partition coefficient (Wildman–Crippen LogP) is 4.61. The number of ether oxygens (including phenoxy) is 4. The fraction of sp³-hybridized carbons (Fsp3) is 0.583. The fourth-order valence-corrected chi connectivity index (χ4v) is 4.22. The Labute approximate surface area is 191 Å². The Morgan fingerprint density at radius 2 is 1.85 bits per heavy atom. The van der Waals surface area contributed by atoms with Crippen LogP contribution in [0.1, 0.15) is 51.0 Å². The van der Waals surface area contributed by atoms with Gasteiger partial charge in [0.25, 0.3) is 5.60 Å². The minimum atomic E-state index is -5.08. The summed E-state index contributed by atoms with van der Waals surface area (Å²) in [6.07, 6.45) is -1.02. The van der Waals surface area contributed by atoms with Gasteiger partial charge in [-0.1, -0.05) is 42.5 Å². The van der Waals surface area contributed by atoms with Crippen molar-refractivity contribution < 1.29 is 41.7 Å². The molecule has 1 aromatic rings. The van der Waals surface area contributed by atoms with Crippen LogP contribution in [0.4, 0.5) is 13.2 Å². The van der Waals surface area contributed by atoms with Gasteiger partial charge in [-0.25, -0.2) is 4.79 Å². The van der Waals surface area contributed by atoms with Gasteiger partial charge in [0.15, 0.2) is 0 Å². The zero-order chi connectivity index (χ0) is 24.1. The van der Waals surface area contributed by atoms with Crippen molar-refractivity contribution in [2.45, 2.75) is 81.6 Å². The van der Waals surface area contributed by atoms with E-state index >= 15 is 0 Å². The molecule has 0 aromatic heterocycles. The Hall–Kier alpha value is -2.39. The second-order valence-electron chi connectivity index (χ2n) is 8.35. The van der Waals surface area contributed by atoms with Crippen LogP contribution in [0.3, 0.4) is 0 Å². The third kappa shape index (κ3) is 5.76. The summed E-state index contributed by atoms with van der Waals surface area (Å²) in [5, 5.41) is 0. The number of hydrogen-bond acceptors (Lipinski definition) is 6. The quantitative estimate of drug-likeness (QED) is 0.473. The first-order chi connectivity index (χ1) is 15.7. The SMILES string of the molecule is CO[C@@](C(=O)O[C@H]1CC[C@H]2/C=C\CCC[C@H](C)OC(=O)C[C@@H]1O2)(c1ccccc1)C(F)(F)F. The predicted molar refractivity (Wildman–Crippen MR) is 112 cm³/mol. The van der Waals surface area contributed by atoms with E-state index < -0.39 is 41.5 Å². The van der Waals surface area contributed by atoms with Crippen molar-refractivity contribution in [3.05, 3.63) is 48.0 Å². The van der Waals surface area contributed by atoms with E-state index in [-0.39, 0.29) is 25.0 Å². The number of fused-ring (bicyclic) bond motifs is 2. The average Bonchev–Trinajstić information content (AvgIpc) is 2.75. The molecule has 3 rings (SSSR count). The molecule has 0 unspecified atom stereocenters. The lowest BCUT2D eigenvalue weighted by Gasteiger charge is -2.38. The van der Waals surface area contributed by atoms with Gasteiger partial charge in [0.05, 0.1) is 18.6 Å². The van der Waals surface area contributed by atoms with E-state index in [1.165, 1.54) is 18.2 Å². The summed E-state index contributed by atoms with van der Waals surface area (Å²) in [7, 11) is 0.814. The highest BCUT2D eigenvalue weighted by molar-refractivity contribution is 5.83. The minimum absolute atomic E-state index is 0.232. The molecule has 0 saturated carbocycles. The van der Waals surface area contributed by atoms with Crippen molar-refractivity contribution in [3.63, 3.8) is 0 Å². The highest BCUT2D eigenvalue weighted by Crippen LogP contribution is 2.43. The molecule has 2 aliphatic rings. The minimum Gasteiger partial charge on any atom is -0.463 e. The third-order valence-corrected chi connectivity index (χ3v) is 5.96. The number of carbonyl (C=O) groups is 2. The fourth-order valence-electron chi connectivity index (χ4n) is 4.22. The number of allylic oxidation sites excluding steroid dienone is 1. The van der Waals surface area contributed by atoms with Gasteiger partial charge in [0.1, 0.15) is 12.2 Å². The van der Waals surface area contributed by atoms with E-state index in [2.05, 4.69) is 0 Å². The molecule has 1 fully saturated rings. The molecule has 0 N–H and O–H groups in total. The first-order valence-corrected chi connectivity index (χ1v) is 11.1. The highest BCUT2D eigenvalue weighted by atomic mass is 19.4. The molecular formula is C24H29F3O6. The number of benzene rings is 1. The number of methoxy groups -OCH3 is 1. The maximum absolute atomic E-state index is 14.2. The van der Waals surface area contributed by atoms with Gasteiger partial charge in [-0.3, -0.25) is 4.79 Å². The van der Waals surface area contributed by atoms with Gasteiger partial charge >= 0.3 is 18.1 Å². The van der Waals surface area contributed by atoms with Gasteiger partial charge in [-0.2, -0.15) is 13.2 Å². The monoisotopic (exact) mass is 470 g/mol. The van der Waals surface area contributed by atoms with Crippen molar-refractivity contribution in [1.82, 2.24) is 0 Å². The maximum Gasteiger partial charge on any atom is 0.432 e. The standard InChI is InChI=1S/C24H29F3O6/c1-16-9-5-3-8-12-18-13-14-19(20(32-18)15-21(28)31-16)33-22(29)23(30-2,24(25,26)27)17-10-6-4-7-11-17/h4,6-8,10-12,16,18-20H,3,5,9,13-15H2,1-2H3/b12-8-/t16-,18+,19-,20-,23+/m0/s1. The first kappa shape index (κ1) is 25.2. The summed E-state index contributed by atoms with van der Waals surface area (Å²) in [5.41, 5.74) is -3.69. The van der Waals surface area contributed by atoms with E-state index in [0.717, 1.165) is 32.1 Å². The molecule has 6 nitrogen and oxygen atoms in total. The van der Waals surface area contributed by atoms with E-state index in [0.29, 0.717) is 12.8 Å². The molecule has 0 aliphatic carbocycles. The lowest BCUT2D eigenvalue weighted by atomic mass is 9.92. The Kier molecular flexibility index (Phi) is 8.18. The number of carbonyl (C=O) groups excluding carboxylic acids is 2. The number of alkyl halides is 3. The molecule has 33 heavy (non-hydrogen) atoms. The molecule has 0 spiro atoms. The summed E-state index contributed by atoms with van der Waals surface area (Å²) < 4.78 is 64.0. The summed E-state index contributed by atoms with van der Waals surface area (Å²) in [6, 6.07) is 6.61. The van der Waals surface area contributed by atoms with Gasteiger partial charge in [-0.15, -0.1) is 0 Å². The van der Waals surface area contributed by atoms with Crippen LogP contribution >= 0.6 is 0 Å². The van der Waals surface area contributed by atoms with Crippen LogP contribution in [0, 0.1) is 0 Å². The van der Waals surface area contributed by atoms with Gasteiger partial charge in [0, 0.05) is 12.7 Å². The highest BCUT2D eigenvalue weighted by Gasteiger charge is 2.64. The molecular weight excluding hydrogens is 441 g/mol. The molecule has 0 amide bonds. The summed E-state index contributed by atoms with van der Waals surface area (Å²) in [4.78, 5) is 25.4. The molecule has 2 heterocycles. The summed E-state index contributed by atoms with van der Waals surface area (Å²) >= 11 is 0. The number of esters is 2. The topological polar surface area (TPSA) is 71.1 Å². The van der Waals surface area contributed by atoms with Gasteiger partial charge in [-0.05, 0) is 39.0 Å². The number of halogens is 3. The molecule has 182 valence electrons. The van der Waals surface area contributed by atoms with Crippen molar-refractivity contribution in [2.24, 2.45) is 0 Å². The number of rotatable bonds is 4. The molecule has 5 atom stereocenters. The largest absolute Gasteiger partial charge is 0.463 e. The summed E-state index contributed by atoms with van der Waals surface area (Å²) in [5.74, 6) is -2.14. The van der Waals surface area contributed by atoms with E-state index in [4.69, 9.17) is 18.9 Å². The van der Waals surface area contributed by atoms with E-state index in [1.54, 1.807) is 6.92 Å². The van der Waals surface area contributed by atoms with Crippen LogP contribution in [-0.2, 0) is 34.1 Å². The second-order valence-corrected chi connectivity index (χ2v) is 8.35. The van der Waals surface area contributed by atoms with E-state index in [9.17, 15) is 22.8 Å². The van der Waals surface area contributed by atoms with Crippen LogP contribution in [0.2, 0.25) is 0 Å². The van der Waals surface area contributed by atoms with Gasteiger partial charge in [0.2, 0.25) is 0 Å². The zero-order valence-electron chi connectivity index (χ0n) is 18.7.